The van der Waals surface area contributed by atoms with Crippen LogP contribution in [0.1, 0.15) is 65.3 Å². The Kier molecular flexibility index (Phi) is 4.29. The SMILES string of the molecule is O=C(NCCc1noc([C@H]2CCCO2)n1)c1onc2c1CCCC2. The molecule has 1 saturated heterocycles. The number of carbonyl (C=O) groups is 1. The highest BCUT2D eigenvalue weighted by Gasteiger charge is 2.25. The summed E-state index contributed by atoms with van der Waals surface area (Å²) in [6, 6.07) is 0. The summed E-state index contributed by atoms with van der Waals surface area (Å²) < 4.78 is 16.0. The van der Waals surface area contributed by atoms with Crippen LogP contribution in [0.15, 0.2) is 9.05 Å². The van der Waals surface area contributed by atoms with E-state index < -0.39 is 0 Å². The Morgan fingerprint density at radius 1 is 1.17 bits per heavy atom. The second kappa shape index (κ2) is 6.72. The zero-order valence-corrected chi connectivity index (χ0v) is 13.4. The van der Waals surface area contributed by atoms with Gasteiger partial charge in [0.05, 0.1) is 5.69 Å². The molecule has 1 N–H and O–H groups in total. The highest BCUT2D eigenvalue weighted by atomic mass is 16.5. The summed E-state index contributed by atoms with van der Waals surface area (Å²) in [5.41, 5.74) is 1.88. The third-order valence-corrected chi connectivity index (χ3v) is 4.49. The molecule has 0 radical (unpaired) electrons. The van der Waals surface area contributed by atoms with E-state index in [1.165, 1.54) is 0 Å². The third kappa shape index (κ3) is 3.06. The summed E-state index contributed by atoms with van der Waals surface area (Å²) in [5.74, 6) is 1.21. The lowest BCUT2D eigenvalue weighted by molar-refractivity contribution is 0.0835. The van der Waals surface area contributed by atoms with Crippen molar-refractivity contribution in [2.24, 2.45) is 0 Å². The molecule has 4 rings (SSSR count). The van der Waals surface area contributed by atoms with Crippen molar-refractivity contribution in [2.45, 2.75) is 51.0 Å². The van der Waals surface area contributed by atoms with Crippen LogP contribution in [-0.4, -0.2) is 34.4 Å². The first-order valence-electron chi connectivity index (χ1n) is 8.51. The fourth-order valence-electron chi connectivity index (χ4n) is 3.21. The molecule has 0 unspecified atom stereocenters. The van der Waals surface area contributed by atoms with Gasteiger partial charge < -0.3 is 19.1 Å². The Labute approximate surface area is 138 Å². The molecular formula is C16H20N4O4. The smallest absolute Gasteiger partial charge is 0.290 e. The molecule has 2 aliphatic rings. The van der Waals surface area contributed by atoms with Crippen molar-refractivity contribution in [1.82, 2.24) is 20.6 Å². The molecule has 8 heteroatoms. The summed E-state index contributed by atoms with van der Waals surface area (Å²) in [4.78, 5) is 16.6. The number of ether oxygens (including phenoxy) is 1. The maximum absolute atomic E-state index is 12.3. The lowest BCUT2D eigenvalue weighted by Crippen LogP contribution is -2.26. The van der Waals surface area contributed by atoms with Crippen LogP contribution in [0.3, 0.4) is 0 Å². The summed E-state index contributed by atoms with van der Waals surface area (Å²) in [5, 5.41) is 10.8. The maximum atomic E-state index is 12.3. The van der Waals surface area contributed by atoms with E-state index in [4.69, 9.17) is 13.8 Å². The van der Waals surface area contributed by atoms with Gasteiger partial charge in [-0.1, -0.05) is 10.3 Å². The van der Waals surface area contributed by atoms with E-state index in [-0.39, 0.29) is 12.0 Å². The molecule has 0 aromatic carbocycles. The molecule has 1 fully saturated rings. The number of nitrogens with one attached hydrogen (secondary N) is 1. The lowest BCUT2D eigenvalue weighted by Gasteiger charge is -2.08. The molecule has 1 aliphatic carbocycles. The molecule has 24 heavy (non-hydrogen) atoms. The second-order valence-corrected chi connectivity index (χ2v) is 6.20. The number of aryl methyl sites for hydroxylation is 1. The molecular weight excluding hydrogens is 312 g/mol. The Morgan fingerprint density at radius 3 is 2.96 bits per heavy atom. The average Bonchev–Trinajstić information content (AvgIpc) is 3.34. The zero-order valence-electron chi connectivity index (χ0n) is 13.4. The largest absolute Gasteiger partial charge is 0.368 e. The van der Waals surface area contributed by atoms with Gasteiger partial charge in [0.2, 0.25) is 5.76 Å². The van der Waals surface area contributed by atoms with Crippen LogP contribution in [0.2, 0.25) is 0 Å². The summed E-state index contributed by atoms with van der Waals surface area (Å²) in [6.07, 6.45) is 6.27. The van der Waals surface area contributed by atoms with E-state index in [2.05, 4.69) is 20.6 Å². The van der Waals surface area contributed by atoms with E-state index >= 15 is 0 Å². The summed E-state index contributed by atoms with van der Waals surface area (Å²) in [6.45, 7) is 1.15. The molecule has 2 aromatic rings. The molecule has 1 amide bonds. The van der Waals surface area contributed by atoms with Gasteiger partial charge in [-0.05, 0) is 38.5 Å². The standard InChI is InChI=1S/C16H20N4O4/c21-15(14-10-4-1-2-5-11(10)19-23-14)17-8-7-13-18-16(24-20-13)12-6-3-9-22-12/h12H,1-9H2,(H,17,21)/t12-/m1/s1. The minimum Gasteiger partial charge on any atom is -0.368 e. The van der Waals surface area contributed by atoms with E-state index in [0.717, 1.165) is 56.4 Å². The fraction of sp³-hybridized carbons (Fsp3) is 0.625. The Balaban J connectivity index is 1.31. The second-order valence-electron chi connectivity index (χ2n) is 6.20. The van der Waals surface area contributed by atoms with Crippen molar-refractivity contribution in [3.8, 4) is 0 Å². The number of aromatic nitrogens is 3. The maximum Gasteiger partial charge on any atom is 0.290 e. The molecule has 8 nitrogen and oxygen atoms in total. The van der Waals surface area contributed by atoms with Crippen molar-refractivity contribution in [3.05, 3.63) is 28.7 Å². The summed E-state index contributed by atoms with van der Waals surface area (Å²) in [7, 11) is 0. The normalized spacial score (nSPS) is 20.1. The van der Waals surface area contributed by atoms with E-state index in [1.807, 2.05) is 0 Å². The topological polar surface area (TPSA) is 103 Å². The first-order chi connectivity index (χ1) is 11.8. The number of hydrogen-bond acceptors (Lipinski definition) is 7. The van der Waals surface area contributed by atoms with Crippen molar-refractivity contribution in [2.75, 3.05) is 13.2 Å². The minimum atomic E-state index is -0.228. The van der Waals surface area contributed by atoms with Gasteiger partial charge in [-0.25, -0.2) is 0 Å². The van der Waals surface area contributed by atoms with Crippen LogP contribution in [-0.2, 0) is 24.0 Å². The van der Waals surface area contributed by atoms with Gasteiger partial charge in [-0.3, -0.25) is 4.79 Å². The number of fused-ring (bicyclic) bond motifs is 1. The van der Waals surface area contributed by atoms with Crippen LogP contribution in [0.25, 0.3) is 0 Å². The van der Waals surface area contributed by atoms with Gasteiger partial charge in [-0.15, -0.1) is 0 Å². The van der Waals surface area contributed by atoms with Crippen LogP contribution in [0, 0.1) is 0 Å². The third-order valence-electron chi connectivity index (χ3n) is 4.49. The molecule has 2 aromatic heterocycles. The van der Waals surface area contributed by atoms with Crippen molar-refractivity contribution >= 4 is 5.91 Å². The molecule has 0 saturated carbocycles. The molecule has 0 bridgehead atoms. The minimum absolute atomic E-state index is 0.0819. The van der Waals surface area contributed by atoms with Crippen molar-refractivity contribution < 1.29 is 18.6 Å². The van der Waals surface area contributed by atoms with Crippen LogP contribution >= 0.6 is 0 Å². The molecule has 3 heterocycles. The van der Waals surface area contributed by atoms with Gasteiger partial charge >= 0.3 is 0 Å². The van der Waals surface area contributed by atoms with E-state index in [9.17, 15) is 4.79 Å². The highest BCUT2D eigenvalue weighted by Crippen LogP contribution is 2.27. The van der Waals surface area contributed by atoms with E-state index in [1.54, 1.807) is 0 Å². The fourth-order valence-corrected chi connectivity index (χ4v) is 3.21. The van der Waals surface area contributed by atoms with E-state index in [0.29, 0.717) is 30.4 Å². The van der Waals surface area contributed by atoms with Gasteiger partial charge in [0.1, 0.15) is 6.10 Å². The molecule has 1 aliphatic heterocycles. The Bertz CT molecular complexity index is 717. The quantitative estimate of drug-likeness (QED) is 0.889. The van der Waals surface area contributed by atoms with Crippen LogP contribution in [0.5, 0.6) is 0 Å². The van der Waals surface area contributed by atoms with Crippen LogP contribution < -0.4 is 5.32 Å². The Hall–Kier alpha value is -2.22. The predicted octanol–water partition coefficient (Wildman–Crippen LogP) is 1.76. The van der Waals surface area contributed by atoms with Crippen molar-refractivity contribution in [3.63, 3.8) is 0 Å². The number of carbonyl (C=O) groups excluding carboxylic acids is 1. The number of nitrogens with zero attached hydrogens (tertiary/aromatic N) is 3. The highest BCUT2D eigenvalue weighted by molar-refractivity contribution is 5.93. The van der Waals surface area contributed by atoms with Gasteiger partial charge in [0.15, 0.2) is 5.82 Å². The zero-order chi connectivity index (χ0) is 16.4. The first kappa shape index (κ1) is 15.3. The lowest BCUT2D eigenvalue weighted by atomic mass is 9.96. The number of hydrogen-bond donors (Lipinski definition) is 1. The predicted molar refractivity (Wildman–Crippen MR) is 81.4 cm³/mol. The molecule has 1 atom stereocenters. The molecule has 0 spiro atoms. The first-order valence-corrected chi connectivity index (χ1v) is 8.51. The van der Waals surface area contributed by atoms with Crippen LogP contribution in [0.4, 0.5) is 0 Å². The van der Waals surface area contributed by atoms with Gasteiger partial charge in [0, 0.05) is 25.1 Å². The van der Waals surface area contributed by atoms with Gasteiger partial charge in [0.25, 0.3) is 11.8 Å². The number of amides is 1. The van der Waals surface area contributed by atoms with Gasteiger partial charge in [-0.2, -0.15) is 4.98 Å². The number of rotatable bonds is 5. The van der Waals surface area contributed by atoms with Crippen molar-refractivity contribution in [1.29, 1.82) is 0 Å². The monoisotopic (exact) mass is 332 g/mol. The Morgan fingerprint density at radius 2 is 2.08 bits per heavy atom. The average molecular weight is 332 g/mol. The molecule has 128 valence electrons. The summed E-state index contributed by atoms with van der Waals surface area (Å²) >= 11 is 0.